The number of benzene rings is 1. The molecule has 1 aliphatic rings. The number of nitrogens with one attached hydrogen (secondary N) is 1. The standard InChI is InChI=1S/C20H22N4O3/c1-13-9-18(27-24-13)16-12-22-20(23-19(16)17-7-4-8-26-17)21-11-14-5-3-6-15(10-14)25-2/h3,5-6,9-10,12,17H,4,7-8,11H2,1-2H3,(H,21,22,23)/t17-/m0/s1. The highest BCUT2D eigenvalue weighted by Gasteiger charge is 2.25. The normalized spacial score (nSPS) is 16.4. The molecule has 1 aliphatic heterocycles. The van der Waals surface area contributed by atoms with Gasteiger partial charge in [0.1, 0.15) is 11.9 Å². The first kappa shape index (κ1) is 17.5. The van der Waals surface area contributed by atoms with E-state index >= 15 is 0 Å². The number of ether oxygens (including phenoxy) is 2. The van der Waals surface area contributed by atoms with Crippen molar-refractivity contribution in [1.82, 2.24) is 15.1 Å². The van der Waals surface area contributed by atoms with Crippen molar-refractivity contribution in [3.8, 4) is 17.1 Å². The minimum atomic E-state index is -0.0502. The van der Waals surface area contributed by atoms with E-state index in [1.807, 2.05) is 37.3 Å². The van der Waals surface area contributed by atoms with Crippen LogP contribution in [-0.2, 0) is 11.3 Å². The largest absolute Gasteiger partial charge is 0.497 e. The number of hydrogen-bond acceptors (Lipinski definition) is 7. The van der Waals surface area contributed by atoms with E-state index in [9.17, 15) is 0 Å². The summed E-state index contributed by atoms with van der Waals surface area (Å²) in [6.45, 7) is 3.24. The van der Waals surface area contributed by atoms with Crippen molar-refractivity contribution in [2.75, 3.05) is 19.0 Å². The van der Waals surface area contributed by atoms with Crippen LogP contribution in [0.3, 0.4) is 0 Å². The first-order valence-electron chi connectivity index (χ1n) is 9.02. The van der Waals surface area contributed by atoms with Crippen molar-refractivity contribution in [2.24, 2.45) is 0 Å². The summed E-state index contributed by atoms with van der Waals surface area (Å²) >= 11 is 0. The summed E-state index contributed by atoms with van der Waals surface area (Å²) in [7, 11) is 1.66. The second-order valence-electron chi connectivity index (χ2n) is 6.53. The predicted molar refractivity (Wildman–Crippen MR) is 101 cm³/mol. The van der Waals surface area contributed by atoms with Crippen LogP contribution in [0, 0.1) is 6.92 Å². The van der Waals surface area contributed by atoms with Gasteiger partial charge in [-0.15, -0.1) is 0 Å². The summed E-state index contributed by atoms with van der Waals surface area (Å²) in [5.74, 6) is 2.05. The molecule has 0 aliphatic carbocycles. The van der Waals surface area contributed by atoms with Gasteiger partial charge in [-0.3, -0.25) is 0 Å². The fourth-order valence-corrected chi connectivity index (χ4v) is 3.16. The van der Waals surface area contributed by atoms with Gasteiger partial charge in [-0.25, -0.2) is 9.97 Å². The van der Waals surface area contributed by atoms with Crippen LogP contribution in [0.15, 0.2) is 41.1 Å². The fraction of sp³-hybridized carbons (Fsp3) is 0.350. The average Bonchev–Trinajstić information content (AvgIpc) is 3.38. The lowest BCUT2D eigenvalue weighted by Crippen LogP contribution is -2.09. The molecule has 1 atom stereocenters. The van der Waals surface area contributed by atoms with Gasteiger partial charge in [-0.1, -0.05) is 17.3 Å². The highest BCUT2D eigenvalue weighted by Crippen LogP contribution is 2.34. The van der Waals surface area contributed by atoms with Crippen molar-refractivity contribution in [3.05, 3.63) is 53.5 Å². The molecule has 3 heterocycles. The quantitative estimate of drug-likeness (QED) is 0.708. The molecular formula is C20H22N4O3. The zero-order valence-corrected chi connectivity index (χ0v) is 15.4. The Balaban J connectivity index is 1.59. The molecule has 0 radical (unpaired) electrons. The Morgan fingerprint density at radius 1 is 1.30 bits per heavy atom. The van der Waals surface area contributed by atoms with E-state index in [0.717, 1.165) is 47.7 Å². The number of hydrogen-bond donors (Lipinski definition) is 1. The molecule has 0 amide bonds. The van der Waals surface area contributed by atoms with Gasteiger partial charge in [0.25, 0.3) is 0 Å². The first-order valence-corrected chi connectivity index (χ1v) is 9.02. The molecule has 7 heteroatoms. The van der Waals surface area contributed by atoms with Crippen LogP contribution in [-0.4, -0.2) is 28.8 Å². The lowest BCUT2D eigenvalue weighted by atomic mass is 10.1. The van der Waals surface area contributed by atoms with Crippen LogP contribution in [0.25, 0.3) is 11.3 Å². The van der Waals surface area contributed by atoms with E-state index in [1.54, 1.807) is 13.3 Å². The van der Waals surface area contributed by atoms with E-state index in [4.69, 9.17) is 19.0 Å². The number of anilines is 1. The Bertz CT molecular complexity index is 919. The first-order chi connectivity index (χ1) is 13.2. The molecule has 0 spiro atoms. The van der Waals surface area contributed by atoms with Gasteiger partial charge in [0, 0.05) is 25.4 Å². The molecule has 7 nitrogen and oxygen atoms in total. The van der Waals surface area contributed by atoms with Gasteiger partial charge in [0.05, 0.1) is 24.1 Å². The van der Waals surface area contributed by atoms with Crippen LogP contribution in [0.2, 0.25) is 0 Å². The lowest BCUT2D eigenvalue weighted by molar-refractivity contribution is 0.109. The molecule has 1 N–H and O–H groups in total. The second kappa shape index (κ2) is 7.75. The summed E-state index contributed by atoms with van der Waals surface area (Å²) < 4.78 is 16.6. The molecule has 0 unspecified atom stereocenters. The van der Waals surface area contributed by atoms with Crippen molar-refractivity contribution in [1.29, 1.82) is 0 Å². The summed E-state index contributed by atoms with van der Waals surface area (Å²) in [5, 5.41) is 7.26. The van der Waals surface area contributed by atoms with E-state index in [1.165, 1.54) is 0 Å². The zero-order chi connectivity index (χ0) is 18.6. The monoisotopic (exact) mass is 366 g/mol. The second-order valence-corrected chi connectivity index (χ2v) is 6.53. The highest BCUT2D eigenvalue weighted by atomic mass is 16.5. The predicted octanol–water partition coefficient (Wildman–Crippen LogP) is 3.91. The van der Waals surface area contributed by atoms with Crippen LogP contribution in [0.1, 0.15) is 35.9 Å². The number of aryl methyl sites for hydroxylation is 1. The molecule has 0 saturated carbocycles. The molecule has 3 aromatic rings. The van der Waals surface area contributed by atoms with Crippen LogP contribution in [0.4, 0.5) is 5.95 Å². The molecule has 27 heavy (non-hydrogen) atoms. The summed E-state index contributed by atoms with van der Waals surface area (Å²) in [6, 6.07) is 9.79. The number of aromatic nitrogens is 3. The maximum absolute atomic E-state index is 5.86. The van der Waals surface area contributed by atoms with Crippen LogP contribution < -0.4 is 10.1 Å². The van der Waals surface area contributed by atoms with Crippen LogP contribution in [0.5, 0.6) is 5.75 Å². The Morgan fingerprint density at radius 3 is 2.96 bits per heavy atom. The van der Waals surface area contributed by atoms with Crippen molar-refractivity contribution >= 4 is 5.95 Å². The molecule has 140 valence electrons. The van der Waals surface area contributed by atoms with Gasteiger partial charge < -0.3 is 19.3 Å². The Kier molecular flexibility index (Phi) is 5.02. The molecule has 1 fully saturated rings. The van der Waals surface area contributed by atoms with E-state index < -0.39 is 0 Å². The smallest absolute Gasteiger partial charge is 0.223 e. The van der Waals surface area contributed by atoms with E-state index in [2.05, 4.69) is 15.5 Å². The van der Waals surface area contributed by atoms with Gasteiger partial charge in [0.15, 0.2) is 5.76 Å². The minimum absolute atomic E-state index is 0.0502. The van der Waals surface area contributed by atoms with Crippen molar-refractivity contribution in [3.63, 3.8) is 0 Å². The maximum atomic E-state index is 5.86. The van der Waals surface area contributed by atoms with Crippen LogP contribution >= 0.6 is 0 Å². The van der Waals surface area contributed by atoms with Crippen molar-refractivity contribution in [2.45, 2.75) is 32.4 Å². The lowest BCUT2D eigenvalue weighted by Gasteiger charge is -2.14. The number of rotatable bonds is 6. The third-order valence-electron chi connectivity index (χ3n) is 4.53. The molecular weight excluding hydrogens is 344 g/mol. The Morgan fingerprint density at radius 2 is 2.22 bits per heavy atom. The van der Waals surface area contributed by atoms with Gasteiger partial charge >= 0.3 is 0 Å². The van der Waals surface area contributed by atoms with Gasteiger partial charge in [0.2, 0.25) is 5.95 Å². The third kappa shape index (κ3) is 3.93. The third-order valence-corrected chi connectivity index (χ3v) is 4.53. The summed E-state index contributed by atoms with van der Waals surface area (Å²) in [5.41, 5.74) is 3.58. The van der Waals surface area contributed by atoms with Crippen molar-refractivity contribution < 1.29 is 14.0 Å². The Labute approximate surface area is 157 Å². The van der Waals surface area contributed by atoms with E-state index in [-0.39, 0.29) is 6.10 Å². The fourth-order valence-electron chi connectivity index (χ4n) is 3.16. The number of nitrogens with zero attached hydrogens (tertiary/aromatic N) is 3. The average molecular weight is 366 g/mol. The molecule has 1 aromatic carbocycles. The highest BCUT2D eigenvalue weighted by molar-refractivity contribution is 5.61. The maximum Gasteiger partial charge on any atom is 0.223 e. The minimum Gasteiger partial charge on any atom is -0.497 e. The zero-order valence-electron chi connectivity index (χ0n) is 15.4. The molecule has 4 rings (SSSR count). The summed E-state index contributed by atoms with van der Waals surface area (Å²) in [4.78, 5) is 9.19. The molecule has 1 saturated heterocycles. The topological polar surface area (TPSA) is 82.3 Å². The SMILES string of the molecule is COc1cccc(CNc2ncc(-c3cc(C)no3)c([C@@H]3CCCO3)n2)c1. The number of methoxy groups -OCH3 is 1. The molecule has 0 bridgehead atoms. The molecule has 2 aromatic heterocycles. The van der Waals surface area contributed by atoms with E-state index in [0.29, 0.717) is 18.3 Å². The summed E-state index contributed by atoms with van der Waals surface area (Å²) in [6.07, 6.45) is 3.69. The van der Waals surface area contributed by atoms with Gasteiger partial charge in [-0.2, -0.15) is 0 Å². The Hall–Kier alpha value is -2.93. The van der Waals surface area contributed by atoms with Gasteiger partial charge in [-0.05, 0) is 37.5 Å².